The van der Waals surface area contributed by atoms with Crippen LogP contribution in [0.4, 0.5) is 0 Å². The highest BCUT2D eigenvalue weighted by Crippen LogP contribution is 2.46. The monoisotopic (exact) mass is 1140 g/mol. The molecule has 0 spiro atoms. The van der Waals surface area contributed by atoms with Crippen LogP contribution in [-0.2, 0) is 62.4 Å². The molecule has 16 rings (SSSR count). The van der Waals surface area contributed by atoms with Gasteiger partial charge in [0.15, 0.2) is 0 Å². The Morgan fingerprint density at radius 1 is 0.259 bits per heavy atom. The molecule has 8 fully saturated rings. The third-order valence-electron chi connectivity index (χ3n) is 16.3. The van der Waals surface area contributed by atoms with E-state index in [0.717, 1.165) is 64.0 Å². The van der Waals surface area contributed by atoms with E-state index in [1.165, 1.54) is 33.4 Å². The number of rotatable bonds is 24. The van der Waals surface area contributed by atoms with Crippen molar-refractivity contribution in [3.8, 4) is 0 Å². The Kier molecular flexibility index (Phi) is 18.4. The van der Waals surface area contributed by atoms with Gasteiger partial charge in [0.2, 0.25) is 0 Å². The minimum Gasteiger partial charge on any atom is -0.370 e. The van der Waals surface area contributed by atoms with E-state index in [0.29, 0.717) is 0 Å². The normalized spacial score (nSPS) is 26.3. The van der Waals surface area contributed by atoms with E-state index in [4.69, 9.17) is 56.8 Å². The summed E-state index contributed by atoms with van der Waals surface area (Å²) in [6, 6.07) is 82.5. The van der Waals surface area contributed by atoms with Gasteiger partial charge in [0.05, 0.1) is 52.9 Å². The van der Waals surface area contributed by atoms with Crippen LogP contribution in [0, 0.1) is 0 Å². The van der Waals surface area contributed by atoms with Crippen molar-refractivity contribution in [1.82, 2.24) is 0 Å². The highest BCUT2D eigenvalue weighted by atomic mass is 16.7. The van der Waals surface area contributed by atoms with Gasteiger partial charge in [-0.1, -0.05) is 243 Å². The molecular formula is C73H74O12. The van der Waals surface area contributed by atoms with Crippen LogP contribution in [0.15, 0.2) is 243 Å². The second kappa shape index (κ2) is 27.3. The zero-order valence-corrected chi connectivity index (χ0v) is 47.8. The summed E-state index contributed by atoms with van der Waals surface area (Å²) in [4.78, 5) is 0. The molecule has 0 radical (unpaired) electrons. The maximum Gasteiger partial charge on any atom is 0.120 e. The predicted molar refractivity (Wildman–Crippen MR) is 320 cm³/mol. The van der Waals surface area contributed by atoms with Gasteiger partial charge in [-0.3, -0.25) is 0 Å². The number of hydrogen-bond acceptors (Lipinski definition) is 12. The van der Waals surface area contributed by atoms with E-state index in [9.17, 15) is 0 Å². The van der Waals surface area contributed by atoms with Crippen LogP contribution in [0.2, 0.25) is 0 Å². The summed E-state index contributed by atoms with van der Waals surface area (Å²) in [6.45, 7) is 8.25. The highest BCUT2D eigenvalue weighted by Gasteiger charge is 2.50. The van der Waals surface area contributed by atoms with Crippen molar-refractivity contribution in [2.45, 2.75) is 104 Å². The van der Waals surface area contributed by atoms with Gasteiger partial charge in [-0.2, -0.15) is 0 Å². The molecule has 0 bridgehead atoms. The minimum absolute atomic E-state index is 0.0272. The Morgan fingerprint density at radius 2 is 0.435 bits per heavy atom. The predicted octanol–water partition coefficient (Wildman–Crippen LogP) is 13.3. The zero-order valence-electron chi connectivity index (χ0n) is 47.8. The van der Waals surface area contributed by atoms with E-state index in [-0.39, 0.29) is 91.6 Å². The summed E-state index contributed by atoms with van der Waals surface area (Å²) in [5.74, 6) is 0. The van der Waals surface area contributed by atoms with E-state index >= 15 is 0 Å². The second-order valence-electron chi connectivity index (χ2n) is 22.7. The summed E-state index contributed by atoms with van der Waals surface area (Å²) in [7, 11) is 0. The Hall–Kier alpha value is -6.72. The molecule has 0 saturated carbocycles. The lowest BCUT2D eigenvalue weighted by Crippen LogP contribution is -2.35. The molecule has 0 aromatic heterocycles. The molecule has 0 aliphatic carbocycles. The molecule has 16 unspecified atom stereocenters. The average molecular weight is 1140 g/mol. The van der Waals surface area contributed by atoms with Crippen LogP contribution in [-0.4, -0.2) is 102 Å². The lowest BCUT2D eigenvalue weighted by molar-refractivity contribution is -0.113. The van der Waals surface area contributed by atoms with Crippen molar-refractivity contribution in [2.75, 3.05) is 52.9 Å². The third kappa shape index (κ3) is 15.8. The molecule has 85 heavy (non-hydrogen) atoms. The molecule has 12 nitrogen and oxygen atoms in total. The SMILES string of the molecule is CC(OC(c1ccccc1)C1CO1)(c1ccccc1)C1CO1.c1ccc(C(OC(c2ccccc2)C2CO2)C2CO2)cc1.c1ccc(C(OC(c2ccccc2)C2CO2)C2CO2)cc1.c1ccc(C(OC(c2ccccc2)C2CO2)C2CO2)cc1. The fourth-order valence-corrected chi connectivity index (χ4v) is 11.0. The lowest BCUT2D eigenvalue weighted by atomic mass is 9.91. The maximum atomic E-state index is 6.61. The second-order valence-corrected chi connectivity index (χ2v) is 22.7. The number of ether oxygens (including phenoxy) is 12. The van der Waals surface area contributed by atoms with Crippen LogP contribution in [0.3, 0.4) is 0 Å². The minimum atomic E-state index is -0.451. The van der Waals surface area contributed by atoms with Crippen molar-refractivity contribution in [2.24, 2.45) is 0 Å². The van der Waals surface area contributed by atoms with Crippen LogP contribution in [0.1, 0.15) is 94.2 Å². The van der Waals surface area contributed by atoms with E-state index in [1.54, 1.807) is 0 Å². The molecule has 438 valence electrons. The van der Waals surface area contributed by atoms with Crippen molar-refractivity contribution in [1.29, 1.82) is 0 Å². The molecule has 8 aliphatic rings. The molecule has 12 heteroatoms. The van der Waals surface area contributed by atoms with Gasteiger partial charge in [-0.15, -0.1) is 0 Å². The quantitative estimate of drug-likeness (QED) is 0.0533. The van der Waals surface area contributed by atoms with Crippen LogP contribution in [0.5, 0.6) is 0 Å². The van der Waals surface area contributed by atoms with E-state index in [1.807, 2.05) is 146 Å². The number of epoxide rings is 8. The smallest absolute Gasteiger partial charge is 0.120 e. The van der Waals surface area contributed by atoms with Gasteiger partial charge >= 0.3 is 0 Å². The van der Waals surface area contributed by atoms with Gasteiger partial charge in [-0.25, -0.2) is 0 Å². The summed E-state index contributed by atoms with van der Waals surface area (Å²) in [5.41, 5.74) is 8.87. The fraction of sp³-hybridized carbons (Fsp3) is 0.342. The van der Waals surface area contributed by atoms with Crippen molar-refractivity contribution in [3.63, 3.8) is 0 Å². The van der Waals surface area contributed by atoms with E-state index < -0.39 is 5.60 Å². The largest absolute Gasteiger partial charge is 0.370 e. The van der Waals surface area contributed by atoms with Crippen molar-refractivity contribution < 1.29 is 56.8 Å². The Morgan fingerprint density at radius 3 is 0.624 bits per heavy atom. The molecule has 8 saturated heterocycles. The van der Waals surface area contributed by atoms with Gasteiger partial charge < -0.3 is 56.8 Å². The molecule has 8 aromatic carbocycles. The first-order valence-corrected chi connectivity index (χ1v) is 30.0. The van der Waals surface area contributed by atoms with Crippen LogP contribution in [0.25, 0.3) is 0 Å². The van der Waals surface area contributed by atoms with Gasteiger partial charge in [-0.05, 0) is 51.4 Å². The van der Waals surface area contributed by atoms with Gasteiger partial charge in [0.1, 0.15) is 97.2 Å². The molecular weight excluding hydrogens is 1070 g/mol. The first-order valence-electron chi connectivity index (χ1n) is 30.0. The van der Waals surface area contributed by atoms with Crippen LogP contribution >= 0.6 is 0 Å². The van der Waals surface area contributed by atoms with Gasteiger partial charge in [0.25, 0.3) is 0 Å². The molecule has 8 heterocycles. The number of benzene rings is 8. The first kappa shape index (κ1) is 57.4. The number of hydrogen-bond donors (Lipinski definition) is 0. The Labute approximate surface area is 498 Å². The summed E-state index contributed by atoms with van der Waals surface area (Å²) in [6.07, 6.45) is 1.02. The first-order chi connectivity index (χ1) is 42.0. The Bertz CT molecular complexity index is 2810. The van der Waals surface area contributed by atoms with E-state index in [2.05, 4.69) is 104 Å². The van der Waals surface area contributed by atoms with Crippen molar-refractivity contribution in [3.05, 3.63) is 287 Å². The third-order valence-corrected chi connectivity index (χ3v) is 16.3. The maximum absolute atomic E-state index is 6.61. The molecule has 16 atom stereocenters. The lowest BCUT2D eigenvalue weighted by Gasteiger charge is -2.33. The fourth-order valence-electron chi connectivity index (χ4n) is 11.0. The van der Waals surface area contributed by atoms with Crippen LogP contribution < -0.4 is 0 Å². The average Bonchev–Trinajstić information content (AvgIpc) is 3.93. The molecule has 0 N–H and O–H groups in total. The Balaban J connectivity index is 0.000000105. The standard InChI is InChI=1S/C19H20O3.3C18H18O3/c1-19(17-13-21-17,15-10-6-3-7-11-15)22-18(16-12-20-16)14-8-4-2-5-9-14;3*1-3-7-13(8-4-1)17(15-11-19-15)21-18(16-12-20-16)14-9-5-2-6-10-14/h2-11,16-18H,12-13H2,1H3;3*1-10,15-18H,11-12H2. The highest BCUT2D eigenvalue weighted by molar-refractivity contribution is 5.30. The molecule has 0 amide bonds. The zero-order chi connectivity index (χ0) is 57.2. The molecule has 8 aromatic rings. The van der Waals surface area contributed by atoms with Gasteiger partial charge in [0, 0.05) is 0 Å². The summed E-state index contributed by atoms with van der Waals surface area (Å²) >= 11 is 0. The summed E-state index contributed by atoms with van der Waals surface area (Å²) < 4.78 is 70.0. The topological polar surface area (TPSA) is 137 Å². The van der Waals surface area contributed by atoms with Crippen molar-refractivity contribution >= 4 is 0 Å². The summed E-state index contributed by atoms with van der Waals surface area (Å²) in [5, 5.41) is 0. The molecule has 8 aliphatic heterocycles.